The standard InChI is InChI=1S/C44H66O8S/c1-3-5-7-9-11-13-15-17-19-21-23-25-43(45)51-37-35-49-39-27-31-41(32-28-39)53(47,48)42-33-29-40(30-34-42)50-36-38-52-44(46)26-24-22-20-18-16-14-12-10-8-6-4-2/h5-8,27-34H,3-4,9-26,35-38H2,1-2H3/b7-5+,8-6+. The normalized spacial score (nSPS) is 11.7. The summed E-state index contributed by atoms with van der Waals surface area (Å²) >= 11 is 0. The molecule has 2 rings (SSSR count). The summed E-state index contributed by atoms with van der Waals surface area (Å²) in [6, 6.07) is 12.3. The molecule has 0 fully saturated rings. The highest BCUT2D eigenvalue weighted by atomic mass is 32.2. The second kappa shape index (κ2) is 29.8. The predicted molar refractivity (Wildman–Crippen MR) is 213 cm³/mol. The first kappa shape index (κ1) is 45.6. The van der Waals surface area contributed by atoms with E-state index in [1.807, 2.05) is 0 Å². The maximum absolute atomic E-state index is 13.2. The zero-order valence-corrected chi connectivity index (χ0v) is 33.4. The molecule has 0 N–H and O–H groups in total. The van der Waals surface area contributed by atoms with Crippen molar-refractivity contribution in [2.24, 2.45) is 0 Å². The number of carbonyl (C=O) groups excluding carboxylic acids is 2. The van der Waals surface area contributed by atoms with Crippen molar-refractivity contribution in [2.45, 2.75) is 152 Å². The average Bonchev–Trinajstić information content (AvgIpc) is 3.16. The largest absolute Gasteiger partial charge is 0.490 e. The Morgan fingerprint density at radius 2 is 0.811 bits per heavy atom. The van der Waals surface area contributed by atoms with Crippen LogP contribution in [-0.2, 0) is 28.9 Å². The van der Waals surface area contributed by atoms with Crippen LogP contribution in [0.1, 0.15) is 142 Å². The summed E-state index contributed by atoms with van der Waals surface area (Å²) < 4.78 is 48.2. The predicted octanol–water partition coefficient (Wildman–Crippen LogP) is 11.3. The lowest BCUT2D eigenvalue weighted by Gasteiger charge is -2.10. The molecule has 2 aromatic rings. The van der Waals surface area contributed by atoms with E-state index in [0.717, 1.165) is 51.4 Å². The van der Waals surface area contributed by atoms with Crippen LogP contribution in [0.3, 0.4) is 0 Å². The van der Waals surface area contributed by atoms with E-state index in [1.165, 1.54) is 88.5 Å². The number of benzene rings is 2. The van der Waals surface area contributed by atoms with Gasteiger partial charge in [-0.1, -0.05) is 102 Å². The Morgan fingerprint density at radius 1 is 0.472 bits per heavy atom. The fourth-order valence-corrected chi connectivity index (χ4v) is 7.00. The molecule has 9 heteroatoms. The second-order valence-corrected chi connectivity index (χ2v) is 15.3. The number of ether oxygens (including phenoxy) is 4. The van der Waals surface area contributed by atoms with Crippen LogP contribution >= 0.6 is 0 Å². The Bertz CT molecular complexity index is 1300. The van der Waals surface area contributed by atoms with Gasteiger partial charge in [0, 0.05) is 12.8 Å². The van der Waals surface area contributed by atoms with Crippen LogP contribution in [0.4, 0.5) is 0 Å². The lowest BCUT2D eigenvalue weighted by molar-refractivity contribution is -0.145. The molecule has 296 valence electrons. The lowest BCUT2D eigenvalue weighted by atomic mass is 10.1. The highest BCUT2D eigenvalue weighted by Gasteiger charge is 2.18. The Balaban J connectivity index is 1.54. The maximum Gasteiger partial charge on any atom is 0.305 e. The zero-order chi connectivity index (χ0) is 38.2. The molecule has 0 aliphatic rings. The van der Waals surface area contributed by atoms with Crippen LogP contribution in [0, 0.1) is 0 Å². The maximum atomic E-state index is 13.2. The molecule has 0 spiro atoms. The van der Waals surface area contributed by atoms with E-state index in [-0.39, 0.29) is 48.2 Å². The van der Waals surface area contributed by atoms with Crippen LogP contribution in [0.2, 0.25) is 0 Å². The van der Waals surface area contributed by atoms with Crippen molar-refractivity contribution in [1.82, 2.24) is 0 Å². The summed E-state index contributed by atoms with van der Waals surface area (Å²) in [5.41, 5.74) is 0. The third-order valence-corrected chi connectivity index (χ3v) is 10.6. The first-order valence-corrected chi connectivity index (χ1v) is 21.7. The molecular formula is C44H66O8S. The Morgan fingerprint density at radius 3 is 1.17 bits per heavy atom. The van der Waals surface area contributed by atoms with Crippen LogP contribution in [-0.4, -0.2) is 46.8 Å². The smallest absolute Gasteiger partial charge is 0.305 e. The topological polar surface area (TPSA) is 105 Å². The summed E-state index contributed by atoms with van der Waals surface area (Å²) in [4.78, 5) is 24.3. The molecule has 0 aliphatic carbocycles. The van der Waals surface area contributed by atoms with Gasteiger partial charge in [-0.25, -0.2) is 8.42 Å². The van der Waals surface area contributed by atoms with Gasteiger partial charge >= 0.3 is 11.9 Å². The van der Waals surface area contributed by atoms with E-state index in [9.17, 15) is 18.0 Å². The monoisotopic (exact) mass is 754 g/mol. The molecule has 0 aliphatic heterocycles. The lowest BCUT2D eigenvalue weighted by Crippen LogP contribution is -2.12. The third kappa shape index (κ3) is 22.3. The van der Waals surface area contributed by atoms with Crippen LogP contribution in [0.5, 0.6) is 11.5 Å². The van der Waals surface area contributed by atoms with Gasteiger partial charge in [0.2, 0.25) is 9.84 Å². The van der Waals surface area contributed by atoms with Crippen LogP contribution in [0.15, 0.2) is 82.6 Å². The van der Waals surface area contributed by atoms with Gasteiger partial charge in [0.1, 0.15) is 37.9 Å². The molecule has 0 amide bonds. The molecule has 0 bridgehead atoms. The fraction of sp³-hybridized carbons (Fsp3) is 0.591. The number of hydrogen-bond donors (Lipinski definition) is 0. The van der Waals surface area contributed by atoms with E-state index in [4.69, 9.17) is 18.9 Å². The van der Waals surface area contributed by atoms with Gasteiger partial charge in [-0.05, 0) is 99.9 Å². The summed E-state index contributed by atoms with van der Waals surface area (Å²) in [6.07, 6.45) is 30.3. The summed E-state index contributed by atoms with van der Waals surface area (Å²) in [5, 5.41) is 0. The molecule has 0 aromatic heterocycles. The van der Waals surface area contributed by atoms with Gasteiger partial charge in [-0.2, -0.15) is 0 Å². The Hall–Kier alpha value is -3.59. The molecular weight excluding hydrogens is 689 g/mol. The van der Waals surface area contributed by atoms with Crippen molar-refractivity contribution in [2.75, 3.05) is 26.4 Å². The minimum absolute atomic E-state index is 0.136. The minimum atomic E-state index is -3.75. The van der Waals surface area contributed by atoms with E-state index >= 15 is 0 Å². The van der Waals surface area contributed by atoms with Crippen molar-refractivity contribution >= 4 is 21.8 Å². The molecule has 8 nitrogen and oxygen atoms in total. The number of esters is 2. The van der Waals surface area contributed by atoms with E-state index in [1.54, 1.807) is 24.3 Å². The summed E-state index contributed by atoms with van der Waals surface area (Å²) in [7, 11) is -3.75. The van der Waals surface area contributed by atoms with Gasteiger partial charge in [-0.15, -0.1) is 0 Å². The van der Waals surface area contributed by atoms with E-state index < -0.39 is 9.84 Å². The fourth-order valence-electron chi connectivity index (χ4n) is 5.74. The molecule has 0 saturated heterocycles. The van der Waals surface area contributed by atoms with Crippen LogP contribution in [0.25, 0.3) is 0 Å². The average molecular weight is 755 g/mol. The molecule has 53 heavy (non-hydrogen) atoms. The Labute approximate surface area is 320 Å². The van der Waals surface area contributed by atoms with Crippen molar-refractivity contribution in [3.05, 3.63) is 72.8 Å². The zero-order valence-electron chi connectivity index (χ0n) is 32.6. The van der Waals surface area contributed by atoms with Gasteiger partial charge in [-0.3, -0.25) is 9.59 Å². The van der Waals surface area contributed by atoms with Crippen molar-refractivity contribution in [3.8, 4) is 11.5 Å². The van der Waals surface area contributed by atoms with Gasteiger partial charge < -0.3 is 18.9 Å². The number of sulfone groups is 1. The molecule has 0 saturated carbocycles. The quantitative estimate of drug-likeness (QED) is 0.0413. The first-order valence-electron chi connectivity index (χ1n) is 20.2. The summed E-state index contributed by atoms with van der Waals surface area (Å²) in [5.74, 6) is 0.536. The van der Waals surface area contributed by atoms with E-state index in [0.29, 0.717) is 24.3 Å². The Kier molecular flexibility index (Phi) is 25.6. The van der Waals surface area contributed by atoms with Crippen molar-refractivity contribution in [1.29, 1.82) is 0 Å². The minimum Gasteiger partial charge on any atom is -0.490 e. The van der Waals surface area contributed by atoms with E-state index in [2.05, 4.69) is 38.2 Å². The number of rotatable bonds is 32. The summed E-state index contributed by atoms with van der Waals surface area (Å²) in [6.45, 7) is 4.96. The molecule has 0 heterocycles. The number of hydrogen-bond acceptors (Lipinski definition) is 8. The molecule has 0 radical (unpaired) electrons. The highest BCUT2D eigenvalue weighted by Crippen LogP contribution is 2.25. The number of carbonyl (C=O) groups is 2. The van der Waals surface area contributed by atoms with Gasteiger partial charge in [0.15, 0.2) is 0 Å². The molecule has 2 aromatic carbocycles. The van der Waals surface area contributed by atoms with Crippen molar-refractivity contribution in [3.63, 3.8) is 0 Å². The molecule has 0 unspecified atom stereocenters. The highest BCUT2D eigenvalue weighted by molar-refractivity contribution is 7.91. The third-order valence-electron chi connectivity index (χ3n) is 8.81. The van der Waals surface area contributed by atoms with Gasteiger partial charge in [0.05, 0.1) is 9.79 Å². The number of allylic oxidation sites excluding steroid dienone is 4. The first-order chi connectivity index (χ1) is 25.9. The van der Waals surface area contributed by atoms with Gasteiger partial charge in [0.25, 0.3) is 0 Å². The SMILES string of the molecule is CC/C=C/CCCCCCCCCC(=O)OCCOc1ccc(S(=O)(=O)c2ccc(OCCOC(=O)CCCCCCCCC/C=C/CC)cc2)cc1. The number of unbranched alkanes of at least 4 members (excludes halogenated alkanes) is 14. The molecule has 0 atom stereocenters. The second-order valence-electron chi connectivity index (χ2n) is 13.4. The van der Waals surface area contributed by atoms with Crippen molar-refractivity contribution < 1.29 is 37.0 Å². The van der Waals surface area contributed by atoms with Crippen LogP contribution < -0.4 is 9.47 Å².